The first-order valence-electron chi connectivity index (χ1n) is 21.0. The van der Waals surface area contributed by atoms with Crippen molar-refractivity contribution in [2.45, 2.75) is 181 Å². The monoisotopic (exact) mass is 787 g/mol. The lowest BCUT2D eigenvalue weighted by Gasteiger charge is -2.29. The molecule has 55 heavy (non-hydrogen) atoms. The second-order valence-corrected chi connectivity index (χ2v) is 17.3. The van der Waals surface area contributed by atoms with Crippen LogP contribution in [-0.2, 0) is 42.9 Å². The number of carboxylic acids is 1. The van der Waals surface area contributed by atoms with Crippen LogP contribution in [0.2, 0.25) is 0 Å². The minimum atomic E-state index is -0.892. The Morgan fingerprint density at radius 2 is 1.04 bits per heavy atom. The van der Waals surface area contributed by atoms with Gasteiger partial charge in [0.25, 0.3) is 0 Å². The van der Waals surface area contributed by atoms with Crippen molar-refractivity contribution in [3.8, 4) is 0 Å². The summed E-state index contributed by atoms with van der Waals surface area (Å²) in [5.74, 6) is -1.92. The Morgan fingerprint density at radius 3 is 1.53 bits per heavy atom. The normalized spacial score (nSPS) is 12.6. The van der Waals surface area contributed by atoms with Crippen LogP contribution >= 0.6 is 0 Å². The number of aliphatic carboxylic acids is 1. The van der Waals surface area contributed by atoms with Crippen LogP contribution in [0.25, 0.3) is 0 Å². The first-order chi connectivity index (χ1) is 25.8. The molecular weight excluding hydrogens is 706 g/mol. The van der Waals surface area contributed by atoms with Crippen LogP contribution in [0, 0.1) is 0 Å². The number of likely N-dealkylation sites (N-methyl/N-ethyl adjacent to an activating group) is 1. The minimum Gasteiger partial charge on any atom is -0.481 e. The predicted molar refractivity (Wildman–Crippen MR) is 215 cm³/mol. The van der Waals surface area contributed by atoms with Gasteiger partial charge in [0.2, 0.25) is 11.8 Å². The van der Waals surface area contributed by atoms with Crippen LogP contribution in [0.3, 0.4) is 0 Å². The number of carbonyl (C=O) groups excluding carboxylic acids is 4. The van der Waals surface area contributed by atoms with E-state index in [1.54, 1.807) is 20.8 Å². The molecular formula is C42H80N3O10+. The molecule has 3 N–H and O–H groups in total. The lowest BCUT2D eigenvalue weighted by atomic mass is 10.0. The number of unbranched alkanes of at least 4 members (excludes halogenated alkanes) is 13. The van der Waals surface area contributed by atoms with Crippen LogP contribution < -0.4 is 10.6 Å². The second kappa shape index (κ2) is 30.4. The molecule has 0 aromatic carbocycles. The molecule has 0 unspecified atom stereocenters. The van der Waals surface area contributed by atoms with E-state index in [9.17, 15) is 24.0 Å². The van der Waals surface area contributed by atoms with E-state index in [1.807, 2.05) is 34.9 Å². The van der Waals surface area contributed by atoms with E-state index in [-0.39, 0.29) is 43.7 Å². The highest BCUT2D eigenvalue weighted by Gasteiger charge is 2.27. The van der Waals surface area contributed by atoms with Crippen LogP contribution in [-0.4, -0.2) is 117 Å². The van der Waals surface area contributed by atoms with Gasteiger partial charge in [-0.2, -0.15) is 0 Å². The number of nitrogens with one attached hydrogen (secondary N) is 2. The van der Waals surface area contributed by atoms with E-state index >= 15 is 0 Å². The Balaban J connectivity index is 4.15. The van der Waals surface area contributed by atoms with Crippen LogP contribution in [0.4, 0.5) is 0 Å². The highest BCUT2D eigenvalue weighted by Crippen LogP contribution is 2.16. The molecule has 0 saturated heterocycles. The molecule has 0 bridgehead atoms. The van der Waals surface area contributed by atoms with E-state index in [2.05, 4.69) is 10.6 Å². The molecule has 0 aromatic heterocycles. The first-order valence-corrected chi connectivity index (χ1v) is 21.0. The molecule has 0 aliphatic heterocycles. The van der Waals surface area contributed by atoms with Gasteiger partial charge in [-0.3, -0.25) is 19.2 Å². The largest absolute Gasteiger partial charge is 0.481 e. The molecule has 2 amide bonds. The highest BCUT2D eigenvalue weighted by atomic mass is 16.6. The second-order valence-electron chi connectivity index (χ2n) is 17.3. The molecule has 0 aromatic rings. The van der Waals surface area contributed by atoms with E-state index in [0.29, 0.717) is 50.2 Å². The summed E-state index contributed by atoms with van der Waals surface area (Å²) >= 11 is 0. The number of quaternary nitrogens is 1. The van der Waals surface area contributed by atoms with Gasteiger partial charge in [-0.15, -0.1) is 0 Å². The summed E-state index contributed by atoms with van der Waals surface area (Å²) in [4.78, 5) is 60.6. The van der Waals surface area contributed by atoms with Crippen molar-refractivity contribution >= 4 is 29.7 Å². The summed E-state index contributed by atoms with van der Waals surface area (Å²) in [6.07, 6.45) is 16.9. The van der Waals surface area contributed by atoms with Gasteiger partial charge in [0, 0.05) is 19.3 Å². The molecule has 0 spiro atoms. The van der Waals surface area contributed by atoms with Crippen molar-refractivity contribution in [2.75, 3.05) is 60.2 Å². The predicted octanol–water partition coefficient (Wildman–Crippen LogP) is 6.88. The maximum absolute atomic E-state index is 12.9. The fraction of sp³-hybridized carbons (Fsp3) is 0.881. The average Bonchev–Trinajstić information content (AvgIpc) is 3.05. The van der Waals surface area contributed by atoms with Gasteiger partial charge in [-0.05, 0) is 60.8 Å². The molecule has 0 rings (SSSR count). The van der Waals surface area contributed by atoms with Crippen LogP contribution in [0.5, 0.6) is 0 Å². The number of carboxylic acid groups (broad SMARTS) is 1. The van der Waals surface area contributed by atoms with Crippen molar-refractivity contribution < 1.29 is 52.5 Å². The first kappa shape index (κ1) is 52.2. The van der Waals surface area contributed by atoms with E-state index in [1.165, 1.54) is 51.4 Å². The SMILES string of the molecule is CC(C)(C)OC(=O)CCCCCCCCCCCCCCCCC(=O)N[C@@H](CCC(=O)NCC[N+](C)(C)CCOCCOCCC(=O)O)C(=O)OC(C)(C)C. The smallest absolute Gasteiger partial charge is 0.329 e. The van der Waals surface area contributed by atoms with Crippen molar-refractivity contribution in [3.05, 3.63) is 0 Å². The third kappa shape index (κ3) is 36.6. The number of amides is 2. The zero-order valence-electron chi connectivity index (χ0n) is 36.0. The lowest BCUT2D eigenvalue weighted by Crippen LogP contribution is -2.47. The molecule has 0 radical (unpaired) electrons. The molecule has 322 valence electrons. The van der Waals surface area contributed by atoms with E-state index < -0.39 is 29.2 Å². The standard InChI is InChI=1S/C42H79N3O10/c1-41(2,3)54-39(50)24-22-20-18-16-14-12-10-9-11-13-15-17-19-21-23-37(47)44-35(40(51)55-42(4,5)6)25-26-36(46)43-28-29-45(7,8)30-32-53-34-33-52-31-27-38(48)49/h35H,9-34H2,1-8H3,(H2-,43,44,46,47,48,49)/p+1/t35-/m0/s1. The number of ether oxygens (including phenoxy) is 4. The lowest BCUT2D eigenvalue weighted by molar-refractivity contribution is -0.889. The van der Waals surface area contributed by atoms with Crippen LogP contribution in [0.1, 0.15) is 164 Å². The fourth-order valence-electron chi connectivity index (χ4n) is 5.72. The van der Waals surface area contributed by atoms with Crippen molar-refractivity contribution in [3.63, 3.8) is 0 Å². The molecule has 0 aliphatic carbocycles. The Labute approximate surface area is 333 Å². The summed E-state index contributed by atoms with van der Waals surface area (Å²) in [5.41, 5.74) is -1.11. The molecule has 1 atom stereocenters. The average molecular weight is 787 g/mol. The van der Waals surface area contributed by atoms with Gasteiger partial charge in [-0.1, -0.05) is 77.0 Å². The Bertz CT molecular complexity index is 1070. The highest BCUT2D eigenvalue weighted by molar-refractivity contribution is 5.85. The van der Waals surface area contributed by atoms with Gasteiger partial charge in [0.15, 0.2) is 0 Å². The van der Waals surface area contributed by atoms with E-state index in [4.69, 9.17) is 24.1 Å². The van der Waals surface area contributed by atoms with Crippen molar-refractivity contribution in [1.29, 1.82) is 0 Å². The summed E-state index contributed by atoms with van der Waals surface area (Å²) in [5, 5.41) is 14.4. The van der Waals surface area contributed by atoms with Gasteiger partial charge in [0.1, 0.15) is 23.8 Å². The summed E-state index contributed by atoms with van der Waals surface area (Å²) in [7, 11) is 4.08. The number of hydrogen-bond acceptors (Lipinski definition) is 9. The molecule has 0 heterocycles. The molecule has 0 fully saturated rings. The number of esters is 2. The molecule has 13 nitrogen and oxygen atoms in total. The topological polar surface area (TPSA) is 167 Å². The maximum Gasteiger partial charge on any atom is 0.329 e. The maximum atomic E-state index is 12.9. The fourth-order valence-corrected chi connectivity index (χ4v) is 5.72. The molecule has 0 saturated carbocycles. The van der Waals surface area contributed by atoms with Crippen LogP contribution in [0.15, 0.2) is 0 Å². The summed E-state index contributed by atoms with van der Waals surface area (Å²) in [6, 6.07) is -0.890. The Kier molecular flexibility index (Phi) is 28.8. The minimum absolute atomic E-state index is 0.0287. The number of nitrogens with zero attached hydrogens (tertiary/aromatic N) is 1. The Morgan fingerprint density at radius 1 is 0.564 bits per heavy atom. The quantitative estimate of drug-likeness (QED) is 0.0356. The van der Waals surface area contributed by atoms with E-state index in [0.717, 1.165) is 45.1 Å². The van der Waals surface area contributed by atoms with Gasteiger partial charge < -0.3 is 39.2 Å². The zero-order chi connectivity index (χ0) is 41.6. The van der Waals surface area contributed by atoms with Gasteiger partial charge in [-0.25, -0.2) is 4.79 Å². The number of rotatable bonds is 34. The van der Waals surface area contributed by atoms with Crippen molar-refractivity contribution in [2.24, 2.45) is 0 Å². The van der Waals surface area contributed by atoms with Crippen molar-refractivity contribution in [1.82, 2.24) is 10.6 Å². The third-order valence-corrected chi connectivity index (χ3v) is 8.85. The number of hydrogen-bond donors (Lipinski definition) is 3. The summed E-state index contributed by atoms with van der Waals surface area (Å²) < 4.78 is 22.3. The molecule has 0 aliphatic rings. The summed E-state index contributed by atoms with van der Waals surface area (Å²) in [6.45, 7) is 14.3. The van der Waals surface area contributed by atoms with Gasteiger partial charge >= 0.3 is 17.9 Å². The third-order valence-electron chi connectivity index (χ3n) is 8.85. The van der Waals surface area contributed by atoms with Gasteiger partial charge in [0.05, 0.1) is 60.0 Å². The molecule has 13 heteroatoms. The zero-order valence-corrected chi connectivity index (χ0v) is 36.0. The number of carbonyl (C=O) groups is 5. The Hall–Kier alpha value is -2.77.